The first-order valence-corrected chi connectivity index (χ1v) is 8.79. The summed E-state index contributed by atoms with van der Waals surface area (Å²) in [6.07, 6.45) is -1.96. The van der Waals surface area contributed by atoms with Crippen LogP contribution in [0.5, 0.6) is 0 Å². The minimum Gasteiger partial charge on any atom is -0.373 e. The molecule has 138 valence electrons. The summed E-state index contributed by atoms with van der Waals surface area (Å²) >= 11 is 1.13. The minimum absolute atomic E-state index is 0.00316. The Bertz CT molecular complexity index is 646. The molecule has 0 radical (unpaired) electrons. The average molecular weight is 370 g/mol. The topological polar surface area (TPSA) is 114 Å². The van der Waals surface area contributed by atoms with E-state index in [1.165, 1.54) is 4.90 Å². The van der Waals surface area contributed by atoms with Crippen molar-refractivity contribution < 1.29 is 14.3 Å². The molecule has 1 aliphatic heterocycles. The molecule has 1 aromatic heterocycles. The van der Waals surface area contributed by atoms with Crippen molar-refractivity contribution in [2.24, 2.45) is 0 Å². The molecule has 1 fully saturated rings. The van der Waals surface area contributed by atoms with E-state index >= 15 is 0 Å². The van der Waals surface area contributed by atoms with Crippen LogP contribution in [-0.4, -0.2) is 62.9 Å². The van der Waals surface area contributed by atoms with Crippen LogP contribution < -0.4 is 10.6 Å². The number of alkyl halides is 1. The van der Waals surface area contributed by atoms with Gasteiger partial charge in [-0.3, -0.25) is 10.1 Å². The van der Waals surface area contributed by atoms with Crippen molar-refractivity contribution >= 4 is 17.4 Å². The molecule has 1 amide bonds. The summed E-state index contributed by atoms with van der Waals surface area (Å²) < 4.78 is 17.2. The second kappa shape index (κ2) is 8.14. The number of nitrogens with zero attached hydrogens (tertiary/aromatic N) is 4. The number of carbonyl (C=O) groups is 1. The summed E-state index contributed by atoms with van der Waals surface area (Å²) in [6, 6.07) is 1.26. The van der Waals surface area contributed by atoms with E-state index in [1.54, 1.807) is 6.92 Å². The largest absolute Gasteiger partial charge is 0.373 e. The summed E-state index contributed by atoms with van der Waals surface area (Å²) in [7, 11) is 0. The molecular formula is C15H23FN6O2S. The van der Waals surface area contributed by atoms with Crippen LogP contribution in [0, 0.1) is 18.3 Å². The lowest BCUT2D eigenvalue weighted by Gasteiger charge is -2.29. The number of halogens is 1. The third-order valence-corrected chi connectivity index (χ3v) is 4.99. The zero-order valence-electron chi connectivity index (χ0n) is 14.5. The zero-order chi connectivity index (χ0) is 18.6. The number of likely N-dealkylation sites (tertiary alicyclic amines) is 1. The first-order chi connectivity index (χ1) is 11.7. The Morgan fingerprint density at radius 1 is 1.64 bits per heavy atom. The van der Waals surface area contributed by atoms with Gasteiger partial charge in [-0.1, -0.05) is 4.49 Å². The molecule has 0 bridgehead atoms. The highest BCUT2D eigenvalue weighted by Crippen LogP contribution is 2.20. The average Bonchev–Trinajstić information content (AvgIpc) is 3.16. The Kier molecular flexibility index (Phi) is 6.40. The number of aromatic nitrogens is 2. The van der Waals surface area contributed by atoms with Gasteiger partial charge in [0.25, 0.3) is 0 Å². The lowest BCUT2D eigenvalue weighted by molar-refractivity contribution is -0.130. The predicted molar refractivity (Wildman–Crippen MR) is 90.3 cm³/mol. The van der Waals surface area contributed by atoms with Crippen LogP contribution in [0.1, 0.15) is 37.1 Å². The van der Waals surface area contributed by atoms with Gasteiger partial charge < -0.3 is 15.3 Å². The van der Waals surface area contributed by atoms with Crippen LogP contribution in [0.3, 0.4) is 0 Å². The third kappa shape index (κ3) is 5.15. The van der Waals surface area contributed by atoms with Crippen molar-refractivity contribution in [1.82, 2.24) is 25.1 Å². The third-order valence-electron chi connectivity index (χ3n) is 4.11. The Morgan fingerprint density at radius 3 is 2.96 bits per heavy atom. The molecule has 0 spiro atoms. The van der Waals surface area contributed by atoms with Crippen LogP contribution in [-0.2, 0) is 4.79 Å². The van der Waals surface area contributed by atoms with Gasteiger partial charge in [0.2, 0.25) is 5.91 Å². The number of aliphatic hydroxyl groups excluding tert-OH is 1. The maximum Gasteiger partial charge on any atom is 0.237 e. The molecule has 1 aromatic rings. The van der Waals surface area contributed by atoms with Crippen molar-refractivity contribution in [3.63, 3.8) is 0 Å². The van der Waals surface area contributed by atoms with Gasteiger partial charge in [-0.15, -0.1) is 5.10 Å². The molecule has 2 heterocycles. The van der Waals surface area contributed by atoms with Crippen molar-refractivity contribution in [2.75, 3.05) is 19.6 Å². The number of hydrogen-bond acceptors (Lipinski definition) is 8. The Labute approximate surface area is 150 Å². The van der Waals surface area contributed by atoms with Gasteiger partial charge in [-0.25, -0.2) is 4.39 Å². The lowest BCUT2D eigenvalue weighted by atomic mass is 10.1. The molecule has 0 aromatic carbocycles. The van der Waals surface area contributed by atoms with Crippen LogP contribution in [0.2, 0.25) is 0 Å². The van der Waals surface area contributed by atoms with Crippen molar-refractivity contribution in [1.29, 1.82) is 5.26 Å². The van der Waals surface area contributed by atoms with E-state index < -0.39 is 24.0 Å². The summed E-state index contributed by atoms with van der Waals surface area (Å²) in [5.74, 6) is -0.303. The summed E-state index contributed by atoms with van der Waals surface area (Å²) in [5, 5.41) is 29.1. The van der Waals surface area contributed by atoms with E-state index in [2.05, 4.69) is 20.2 Å². The van der Waals surface area contributed by atoms with E-state index in [1.807, 2.05) is 19.9 Å². The summed E-state index contributed by atoms with van der Waals surface area (Å²) in [5.41, 5.74) is 0.169. The summed E-state index contributed by atoms with van der Waals surface area (Å²) in [4.78, 5) is 14.2. The molecular weight excluding hydrogens is 347 g/mol. The number of rotatable bonds is 7. The number of aryl methyl sites for hydroxylation is 1. The van der Waals surface area contributed by atoms with E-state index in [0.29, 0.717) is 17.1 Å². The van der Waals surface area contributed by atoms with Gasteiger partial charge in [0.1, 0.15) is 18.4 Å². The fraction of sp³-hybridized carbons (Fsp3) is 0.733. The number of aliphatic hydroxyl groups is 1. The molecule has 0 aliphatic carbocycles. The Balaban J connectivity index is 1.82. The van der Waals surface area contributed by atoms with Crippen LogP contribution in [0.15, 0.2) is 0 Å². The molecule has 8 nitrogen and oxygen atoms in total. The highest BCUT2D eigenvalue weighted by atomic mass is 32.1. The van der Waals surface area contributed by atoms with Crippen molar-refractivity contribution in [3.05, 3.63) is 10.6 Å². The van der Waals surface area contributed by atoms with Crippen molar-refractivity contribution in [2.45, 2.75) is 51.2 Å². The maximum absolute atomic E-state index is 13.4. The molecule has 3 N–H and O–H groups in total. The first kappa shape index (κ1) is 19.7. The Morgan fingerprint density at radius 2 is 2.36 bits per heavy atom. The Hall–Kier alpha value is -1.67. The molecule has 1 unspecified atom stereocenters. The monoisotopic (exact) mass is 370 g/mol. The molecule has 2 rings (SSSR count). The quantitative estimate of drug-likeness (QED) is 0.590. The smallest absolute Gasteiger partial charge is 0.237 e. The number of amides is 1. The first-order valence-electron chi connectivity index (χ1n) is 8.02. The highest BCUT2D eigenvalue weighted by Gasteiger charge is 2.35. The van der Waals surface area contributed by atoms with Crippen LogP contribution >= 0.6 is 11.5 Å². The maximum atomic E-state index is 13.4. The number of nitrogens with one attached hydrogen (secondary N) is 2. The fourth-order valence-electron chi connectivity index (χ4n) is 2.59. The second-order valence-electron chi connectivity index (χ2n) is 6.77. The number of hydrogen-bond donors (Lipinski definition) is 3. The molecule has 25 heavy (non-hydrogen) atoms. The van der Waals surface area contributed by atoms with Gasteiger partial charge >= 0.3 is 0 Å². The van der Waals surface area contributed by atoms with Gasteiger partial charge in [-0.2, -0.15) is 5.26 Å². The molecule has 1 aliphatic rings. The van der Waals surface area contributed by atoms with Gasteiger partial charge in [0.15, 0.2) is 0 Å². The second-order valence-corrected chi connectivity index (χ2v) is 7.55. The lowest BCUT2D eigenvalue weighted by Crippen LogP contribution is -2.52. The van der Waals surface area contributed by atoms with Gasteiger partial charge in [-0.05, 0) is 32.3 Å². The molecule has 10 heteroatoms. The molecule has 1 saturated heterocycles. The van der Waals surface area contributed by atoms with Gasteiger partial charge in [0, 0.05) is 18.5 Å². The van der Waals surface area contributed by atoms with Gasteiger partial charge in [0.05, 0.1) is 29.7 Å². The summed E-state index contributed by atoms with van der Waals surface area (Å²) in [6.45, 7) is 5.87. The molecule has 3 atom stereocenters. The number of nitriles is 1. The fourth-order valence-corrected chi connectivity index (χ4v) is 3.20. The van der Waals surface area contributed by atoms with Crippen LogP contribution in [0.4, 0.5) is 4.39 Å². The van der Waals surface area contributed by atoms with E-state index in [4.69, 9.17) is 5.26 Å². The molecule has 0 saturated carbocycles. The van der Waals surface area contributed by atoms with Crippen molar-refractivity contribution in [3.8, 4) is 6.07 Å². The highest BCUT2D eigenvalue weighted by molar-refractivity contribution is 7.05. The number of carbonyl (C=O) groups excluding carboxylic acids is 1. The SMILES string of the molecule is Cc1nnsc1C(O)NCC(C)(C)NCC(=O)N1C[C@@H](F)C[C@H]1C#N. The standard InChI is InChI=1S/C15H23FN6O2S/c1-9-13(25-21-20-9)14(24)18-8-15(2,3)19-6-12(23)22-7-10(16)4-11(22)5-17/h10-11,14,18-19,24H,4,6-8H2,1-3H3/t10-,11-,14?/m0/s1. The van der Waals surface area contributed by atoms with Crippen LogP contribution in [0.25, 0.3) is 0 Å². The van der Waals surface area contributed by atoms with E-state index in [9.17, 15) is 14.3 Å². The van der Waals surface area contributed by atoms with E-state index in [0.717, 1.165) is 11.5 Å². The normalized spacial score (nSPS) is 22.0. The zero-order valence-corrected chi connectivity index (χ0v) is 15.3. The minimum atomic E-state index is -1.14. The predicted octanol–water partition coefficient (Wildman–Crippen LogP) is 0.258. The van der Waals surface area contributed by atoms with E-state index in [-0.39, 0.29) is 25.4 Å².